The lowest BCUT2D eigenvalue weighted by Gasteiger charge is -2.02. The molecule has 1 N–H and O–H groups in total. The largest absolute Gasteiger partial charge is 0.508 e. The molecule has 0 aliphatic rings. The average Bonchev–Trinajstić information content (AvgIpc) is 2.30. The van der Waals surface area contributed by atoms with Gasteiger partial charge in [0.15, 0.2) is 0 Å². The van der Waals surface area contributed by atoms with Crippen LogP contribution in [0.2, 0.25) is 0 Å². The predicted octanol–water partition coefficient (Wildman–Crippen LogP) is 6.37. The highest BCUT2D eigenvalue weighted by Crippen LogP contribution is 2.13. The number of benzene rings is 1. The smallest absolute Gasteiger partial charge is 0.115 e. The van der Waals surface area contributed by atoms with Gasteiger partial charge in [0.2, 0.25) is 0 Å². The molecule has 1 aromatic carbocycles. The number of hydrogen-bond acceptors (Lipinski definition) is 1. The van der Waals surface area contributed by atoms with E-state index in [9.17, 15) is 0 Å². The van der Waals surface area contributed by atoms with Crippen LogP contribution in [0, 0.1) is 0 Å². The molecule has 1 aromatic rings. The first-order valence-electron chi connectivity index (χ1n) is 6.61. The van der Waals surface area contributed by atoms with Gasteiger partial charge < -0.3 is 5.11 Å². The molecule has 0 amide bonds. The number of unbranched alkanes of at least 4 members (excludes halogenated alkanes) is 6. The van der Waals surface area contributed by atoms with Crippen molar-refractivity contribution < 1.29 is 5.11 Å². The Kier molecular flexibility index (Phi) is 27.2. The average molecular weight is 366 g/mol. The molecule has 0 fully saturated rings. The lowest BCUT2D eigenvalue weighted by Crippen LogP contribution is -1.85. The van der Waals surface area contributed by atoms with Crippen molar-refractivity contribution in [3.63, 3.8) is 0 Å². The molecule has 20 heavy (non-hydrogen) atoms. The molecule has 0 radical (unpaired) electrons. The molecule has 0 aliphatic carbocycles. The van der Waals surface area contributed by atoms with Crippen molar-refractivity contribution >= 4 is 49.6 Å². The minimum atomic E-state index is 0. The van der Waals surface area contributed by atoms with Crippen molar-refractivity contribution in [2.75, 3.05) is 0 Å². The maximum Gasteiger partial charge on any atom is 0.115 e. The van der Waals surface area contributed by atoms with E-state index >= 15 is 0 Å². The fourth-order valence-electron chi connectivity index (χ4n) is 1.95. The second kappa shape index (κ2) is 19.2. The molecule has 0 unspecified atom stereocenters. The van der Waals surface area contributed by atoms with E-state index in [1.54, 1.807) is 12.1 Å². The van der Waals surface area contributed by atoms with Crippen LogP contribution >= 0.6 is 49.6 Å². The lowest BCUT2D eigenvalue weighted by molar-refractivity contribution is 0.475. The summed E-state index contributed by atoms with van der Waals surface area (Å²) in [6.07, 6.45) is 10.6. The summed E-state index contributed by atoms with van der Waals surface area (Å²) in [5.74, 6) is 0.364. The van der Waals surface area contributed by atoms with Crippen LogP contribution in [0.25, 0.3) is 0 Å². The second-order valence-corrected chi connectivity index (χ2v) is 4.54. The molecule has 0 saturated heterocycles. The Bertz CT molecular complexity index is 278. The number of hydrogen-bond donors (Lipinski definition) is 1. The molecule has 122 valence electrons. The highest BCUT2D eigenvalue weighted by Gasteiger charge is 1.94. The Hall–Kier alpha value is 0.180. The number of rotatable bonds is 8. The van der Waals surface area contributed by atoms with E-state index in [0.29, 0.717) is 5.75 Å². The van der Waals surface area contributed by atoms with Crippen molar-refractivity contribution in [1.29, 1.82) is 0 Å². The minimum absolute atomic E-state index is 0. The summed E-state index contributed by atoms with van der Waals surface area (Å²) in [7, 11) is 0. The minimum Gasteiger partial charge on any atom is -0.508 e. The highest BCUT2D eigenvalue weighted by molar-refractivity contribution is 5.86. The SMILES string of the molecule is CCCCCCCCCc1ccc(O)cc1.Cl.Cl.Cl.Cl. The maximum absolute atomic E-state index is 9.15. The molecule has 0 aliphatic heterocycles. The summed E-state index contributed by atoms with van der Waals surface area (Å²) in [6, 6.07) is 7.59. The van der Waals surface area contributed by atoms with Gasteiger partial charge in [-0.15, -0.1) is 49.6 Å². The summed E-state index contributed by atoms with van der Waals surface area (Å²) in [5.41, 5.74) is 1.34. The third-order valence-electron chi connectivity index (χ3n) is 3.01. The molecular weight excluding hydrogens is 338 g/mol. The van der Waals surface area contributed by atoms with Crippen LogP contribution in [0.4, 0.5) is 0 Å². The number of phenolic OH excluding ortho intramolecular Hbond substituents is 1. The Balaban J connectivity index is -0.000000320. The zero-order valence-electron chi connectivity index (χ0n) is 12.0. The van der Waals surface area contributed by atoms with Crippen molar-refractivity contribution in [2.45, 2.75) is 58.3 Å². The standard InChI is InChI=1S/C15H24O.4ClH/c1-2-3-4-5-6-7-8-9-14-10-12-15(16)13-11-14;;;;/h10-13,16H,2-9H2,1H3;4*1H. The number of aryl methyl sites for hydroxylation is 1. The van der Waals surface area contributed by atoms with E-state index < -0.39 is 0 Å². The van der Waals surface area contributed by atoms with Crippen LogP contribution in [0.3, 0.4) is 0 Å². The third-order valence-corrected chi connectivity index (χ3v) is 3.01. The Morgan fingerprint density at radius 2 is 1.15 bits per heavy atom. The second-order valence-electron chi connectivity index (χ2n) is 4.54. The van der Waals surface area contributed by atoms with Gasteiger partial charge in [0.05, 0.1) is 0 Å². The fraction of sp³-hybridized carbons (Fsp3) is 0.600. The summed E-state index contributed by atoms with van der Waals surface area (Å²) in [5, 5.41) is 9.15. The molecule has 1 rings (SSSR count). The van der Waals surface area contributed by atoms with E-state index in [-0.39, 0.29) is 49.6 Å². The van der Waals surface area contributed by atoms with Crippen molar-refractivity contribution in [2.24, 2.45) is 0 Å². The summed E-state index contributed by atoms with van der Waals surface area (Å²) >= 11 is 0. The highest BCUT2D eigenvalue weighted by atomic mass is 35.5. The van der Waals surface area contributed by atoms with Crippen LogP contribution < -0.4 is 0 Å². The topological polar surface area (TPSA) is 20.2 Å². The van der Waals surface area contributed by atoms with Crippen LogP contribution in [-0.2, 0) is 6.42 Å². The van der Waals surface area contributed by atoms with Gasteiger partial charge in [-0.05, 0) is 30.5 Å². The predicted molar refractivity (Wildman–Crippen MR) is 98.8 cm³/mol. The Morgan fingerprint density at radius 1 is 0.700 bits per heavy atom. The zero-order chi connectivity index (χ0) is 11.6. The van der Waals surface area contributed by atoms with Crippen LogP contribution in [0.5, 0.6) is 5.75 Å². The van der Waals surface area contributed by atoms with E-state index in [0.717, 1.165) is 6.42 Å². The van der Waals surface area contributed by atoms with Crippen LogP contribution in [-0.4, -0.2) is 5.11 Å². The molecular formula is C15H28Cl4O. The molecule has 5 heteroatoms. The van der Waals surface area contributed by atoms with Gasteiger partial charge in [-0.3, -0.25) is 0 Å². The number of phenols is 1. The molecule has 0 atom stereocenters. The van der Waals surface area contributed by atoms with E-state index in [1.807, 2.05) is 12.1 Å². The third kappa shape index (κ3) is 14.6. The number of halogens is 4. The Morgan fingerprint density at radius 3 is 1.65 bits per heavy atom. The van der Waals surface area contributed by atoms with Crippen molar-refractivity contribution in [3.8, 4) is 5.75 Å². The first-order valence-corrected chi connectivity index (χ1v) is 6.61. The van der Waals surface area contributed by atoms with E-state index in [4.69, 9.17) is 5.11 Å². The summed E-state index contributed by atoms with van der Waals surface area (Å²) in [6.45, 7) is 2.25. The summed E-state index contributed by atoms with van der Waals surface area (Å²) in [4.78, 5) is 0. The van der Waals surface area contributed by atoms with E-state index in [1.165, 1.54) is 50.5 Å². The number of aromatic hydroxyl groups is 1. The van der Waals surface area contributed by atoms with Gasteiger partial charge in [0.1, 0.15) is 5.75 Å². The van der Waals surface area contributed by atoms with Gasteiger partial charge in [-0.1, -0.05) is 57.6 Å². The van der Waals surface area contributed by atoms with Crippen LogP contribution in [0.15, 0.2) is 24.3 Å². The normalized spacial score (nSPS) is 8.45. The van der Waals surface area contributed by atoms with Crippen molar-refractivity contribution in [1.82, 2.24) is 0 Å². The molecule has 0 heterocycles. The van der Waals surface area contributed by atoms with Crippen molar-refractivity contribution in [3.05, 3.63) is 29.8 Å². The monoisotopic (exact) mass is 364 g/mol. The Labute approximate surface area is 148 Å². The fourth-order valence-corrected chi connectivity index (χ4v) is 1.95. The van der Waals surface area contributed by atoms with Gasteiger partial charge in [-0.25, -0.2) is 0 Å². The van der Waals surface area contributed by atoms with Crippen LogP contribution in [0.1, 0.15) is 57.4 Å². The van der Waals surface area contributed by atoms with Gasteiger partial charge in [-0.2, -0.15) is 0 Å². The van der Waals surface area contributed by atoms with Gasteiger partial charge >= 0.3 is 0 Å². The first kappa shape index (κ1) is 28.4. The molecule has 0 aromatic heterocycles. The zero-order valence-corrected chi connectivity index (χ0v) is 15.3. The first-order chi connectivity index (χ1) is 7.83. The molecule has 0 saturated carbocycles. The summed E-state index contributed by atoms with van der Waals surface area (Å²) < 4.78 is 0. The molecule has 0 bridgehead atoms. The molecule has 0 spiro atoms. The van der Waals surface area contributed by atoms with Gasteiger partial charge in [0.25, 0.3) is 0 Å². The van der Waals surface area contributed by atoms with E-state index in [2.05, 4.69) is 6.92 Å². The lowest BCUT2D eigenvalue weighted by atomic mass is 10.0. The molecule has 1 nitrogen and oxygen atoms in total. The maximum atomic E-state index is 9.15. The van der Waals surface area contributed by atoms with Gasteiger partial charge in [0, 0.05) is 0 Å². The quantitative estimate of drug-likeness (QED) is 0.530.